The summed E-state index contributed by atoms with van der Waals surface area (Å²) in [5.74, 6) is -0.140. The number of carbonyl (C=O) groups excluding carboxylic acids is 1. The van der Waals surface area contributed by atoms with E-state index in [1.807, 2.05) is 39.0 Å². The second-order valence-corrected chi connectivity index (χ2v) is 7.16. The molecular weight excluding hydrogens is 362 g/mol. The van der Waals surface area contributed by atoms with E-state index in [0.717, 1.165) is 16.8 Å². The van der Waals surface area contributed by atoms with Gasteiger partial charge in [0.25, 0.3) is 11.6 Å². The third-order valence-electron chi connectivity index (χ3n) is 4.23. The summed E-state index contributed by atoms with van der Waals surface area (Å²) in [6.07, 6.45) is 1.68. The number of nitro benzene ring substituents is 1. The molecule has 27 heavy (non-hydrogen) atoms. The maximum Gasteiger partial charge on any atom is 0.270 e. The van der Waals surface area contributed by atoms with Crippen molar-refractivity contribution >= 4 is 40.3 Å². The summed E-state index contributed by atoms with van der Waals surface area (Å²) in [6.45, 7) is 6.38. The number of likely N-dealkylation sites (N-methyl/N-ethyl adjacent to an activating group) is 1. The Morgan fingerprint density at radius 3 is 2.48 bits per heavy atom. The number of nitrogens with zero attached hydrogens (tertiary/aromatic N) is 3. The lowest BCUT2D eigenvalue weighted by molar-refractivity contribution is -0.384. The van der Waals surface area contributed by atoms with E-state index in [1.165, 1.54) is 23.9 Å². The Labute approximate surface area is 161 Å². The molecule has 1 heterocycles. The summed E-state index contributed by atoms with van der Waals surface area (Å²) in [4.78, 5) is 30.1. The average Bonchev–Trinajstić information content (AvgIpc) is 2.93. The van der Waals surface area contributed by atoms with Crippen LogP contribution in [-0.4, -0.2) is 27.4 Å². The fourth-order valence-corrected chi connectivity index (χ4v) is 3.88. The molecular formula is C20H19N3O3S. The molecule has 2 aromatic rings. The summed E-state index contributed by atoms with van der Waals surface area (Å²) in [7, 11) is 0. The molecule has 0 saturated carbocycles. The predicted molar refractivity (Wildman–Crippen MR) is 109 cm³/mol. The van der Waals surface area contributed by atoms with E-state index in [9.17, 15) is 14.9 Å². The minimum absolute atomic E-state index is 0.00318. The molecule has 6 nitrogen and oxygen atoms in total. The summed E-state index contributed by atoms with van der Waals surface area (Å²) in [5.41, 5.74) is 3.56. The van der Waals surface area contributed by atoms with E-state index in [2.05, 4.69) is 0 Å². The Kier molecular flexibility index (Phi) is 5.41. The lowest BCUT2D eigenvalue weighted by Crippen LogP contribution is -2.28. The Bertz CT molecular complexity index is 962. The number of hydrogen-bond acceptors (Lipinski definition) is 5. The van der Waals surface area contributed by atoms with Crippen LogP contribution in [0.15, 0.2) is 52.4 Å². The van der Waals surface area contributed by atoms with Crippen LogP contribution in [0.4, 0.5) is 11.4 Å². The Balaban J connectivity index is 1.99. The number of benzene rings is 2. The highest BCUT2D eigenvalue weighted by Crippen LogP contribution is 2.35. The van der Waals surface area contributed by atoms with Crippen LogP contribution in [0.5, 0.6) is 0 Å². The van der Waals surface area contributed by atoms with Crippen molar-refractivity contribution in [3.05, 3.63) is 74.2 Å². The zero-order valence-corrected chi connectivity index (χ0v) is 16.1. The number of amides is 1. The number of aryl methyl sites for hydroxylation is 2. The van der Waals surface area contributed by atoms with Crippen molar-refractivity contribution in [1.82, 2.24) is 4.90 Å². The summed E-state index contributed by atoms with van der Waals surface area (Å²) < 4.78 is 0. The predicted octanol–water partition coefficient (Wildman–Crippen LogP) is 4.84. The Morgan fingerprint density at radius 1 is 1.19 bits per heavy atom. The summed E-state index contributed by atoms with van der Waals surface area (Å²) in [5, 5.41) is 11.6. The van der Waals surface area contributed by atoms with Crippen LogP contribution in [0.25, 0.3) is 6.08 Å². The summed E-state index contributed by atoms with van der Waals surface area (Å²) >= 11 is 1.29. The molecule has 2 aromatic carbocycles. The van der Waals surface area contributed by atoms with Crippen molar-refractivity contribution in [2.45, 2.75) is 20.8 Å². The highest BCUT2D eigenvalue weighted by atomic mass is 32.2. The molecule has 0 spiro atoms. The number of rotatable bonds is 4. The molecule has 1 saturated heterocycles. The van der Waals surface area contributed by atoms with Gasteiger partial charge in [0.1, 0.15) is 0 Å². The van der Waals surface area contributed by atoms with Crippen molar-refractivity contribution in [3.63, 3.8) is 0 Å². The number of nitro groups is 1. The van der Waals surface area contributed by atoms with Gasteiger partial charge in [-0.2, -0.15) is 0 Å². The number of hydrogen-bond donors (Lipinski definition) is 0. The highest BCUT2D eigenvalue weighted by molar-refractivity contribution is 8.18. The number of aliphatic imine (C=N–C) groups is 1. The van der Waals surface area contributed by atoms with Gasteiger partial charge in [0.2, 0.25) is 0 Å². The van der Waals surface area contributed by atoms with Gasteiger partial charge < -0.3 is 0 Å². The molecule has 0 radical (unpaired) electrons. The van der Waals surface area contributed by atoms with Gasteiger partial charge in [0.05, 0.1) is 15.5 Å². The van der Waals surface area contributed by atoms with Gasteiger partial charge >= 0.3 is 0 Å². The Hall–Kier alpha value is -2.93. The van der Waals surface area contributed by atoms with E-state index in [-0.39, 0.29) is 11.6 Å². The average molecular weight is 381 g/mol. The third kappa shape index (κ3) is 3.93. The van der Waals surface area contributed by atoms with Gasteiger partial charge in [0, 0.05) is 18.7 Å². The summed E-state index contributed by atoms with van der Waals surface area (Å²) in [6, 6.07) is 12.2. The number of non-ortho nitro benzene ring substituents is 1. The number of amidine groups is 1. The van der Waals surface area contributed by atoms with Crippen LogP contribution < -0.4 is 0 Å². The first-order valence-electron chi connectivity index (χ1n) is 8.51. The van der Waals surface area contributed by atoms with Crippen molar-refractivity contribution < 1.29 is 9.72 Å². The molecule has 1 fully saturated rings. The molecule has 1 aliphatic rings. The largest absolute Gasteiger partial charge is 0.287 e. The molecule has 0 N–H and O–H groups in total. The van der Waals surface area contributed by atoms with Crippen LogP contribution in [-0.2, 0) is 4.79 Å². The second kappa shape index (κ2) is 7.75. The third-order valence-corrected chi connectivity index (χ3v) is 5.24. The van der Waals surface area contributed by atoms with Gasteiger partial charge in [-0.15, -0.1) is 0 Å². The van der Waals surface area contributed by atoms with Gasteiger partial charge in [-0.05, 0) is 55.3 Å². The monoisotopic (exact) mass is 381 g/mol. The van der Waals surface area contributed by atoms with Crippen LogP contribution >= 0.6 is 11.8 Å². The smallest absolute Gasteiger partial charge is 0.270 e. The molecule has 1 amide bonds. The molecule has 0 atom stereocenters. The standard InChI is InChI=1S/C20H19N3O3S/c1-4-22-19(24)17(12-15-9-6-10-16(11-15)23(25)26)27-20(22)21-18-13(2)7-5-8-14(18)3/h5-12H,4H2,1-3H3/b17-12+,21-20?. The maximum absolute atomic E-state index is 12.8. The quantitative estimate of drug-likeness (QED) is 0.432. The van der Waals surface area contributed by atoms with Gasteiger partial charge in [-0.25, -0.2) is 4.99 Å². The SMILES string of the molecule is CCN1C(=O)/C(=C\c2cccc([N+](=O)[O-])c2)SC1=Nc1c(C)cccc1C. The number of carbonyl (C=O) groups is 1. The van der Waals surface area contributed by atoms with Crippen molar-refractivity contribution in [2.75, 3.05) is 6.54 Å². The van der Waals surface area contributed by atoms with Crippen molar-refractivity contribution in [2.24, 2.45) is 4.99 Å². The molecule has 7 heteroatoms. The van der Waals surface area contributed by atoms with Gasteiger partial charge in [-0.3, -0.25) is 19.8 Å². The molecule has 0 aliphatic carbocycles. The zero-order chi connectivity index (χ0) is 19.6. The van der Waals surface area contributed by atoms with Crippen molar-refractivity contribution in [1.29, 1.82) is 0 Å². The number of para-hydroxylation sites is 1. The van der Waals surface area contributed by atoms with Gasteiger partial charge in [0.15, 0.2) is 5.17 Å². The van der Waals surface area contributed by atoms with Crippen LogP contribution in [0.2, 0.25) is 0 Å². The second-order valence-electron chi connectivity index (χ2n) is 6.15. The first kappa shape index (κ1) is 18.8. The zero-order valence-electron chi connectivity index (χ0n) is 15.3. The molecule has 1 aliphatic heterocycles. The highest BCUT2D eigenvalue weighted by Gasteiger charge is 2.32. The van der Waals surface area contributed by atoms with Gasteiger partial charge in [-0.1, -0.05) is 30.3 Å². The molecule has 3 rings (SSSR count). The first-order valence-corrected chi connectivity index (χ1v) is 9.33. The molecule has 138 valence electrons. The van der Waals surface area contributed by atoms with Crippen LogP contribution in [0.1, 0.15) is 23.6 Å². The lowest BCUT2D eigenvalue weighted by Gasteiger charge is -2.13. The lowest BCUT2D eigenvalue weighted by atomic mass is 10.1. The number of thioether (sulfide) groups is 1. The van der Waals surface area contributed by atoms with E-state index in [4.69, 9.17) is 4.99 Å². The van der Waals surface area contributed by atoms with E-state index < -0.39 is 4.92 Å². The maximum atomic E-state index is 12.8. The van der Waals surface area contributed by atoms with Crippen molar-refractivity contribution in [3.8, 4) is 0 Å². The fraction of sp³-hybridized carbons (Fsp3) is 0.200. The van der Waals surface area contributed by atoms with Crippen LogP contribution in [0, 0.1) is 24.0 Å². The molecule has 0 aromatic heterocycles. The Morgan fingerprint density at radius 2 is 1.85 bits per heavy atom. The van der Waals surface area contributed by atoms with Crippen LogP contribution in [0.3, 0.4) is 0 Å². The van der Waals surface area contributed by atoms with E-state index in [1.54, 1.807) is 23.1 Å². The van der Waals surface area contributed by atoms with E-state index >= 15 is 0 Å². The first-order chi connectivity index (χ1) is 12.9. The minimum atomic E-state index is -0.447. The van der Waals surface area contributed by atoms with E-state index in [0.29, 0.717) is 22.2 Å². The topological polar surface area (TPSA) is 75.8 Å². The molecule has 0 unspecified atom stereocenters. The minimum Gasteiger partial charge on any atom is -0.287 e. The molecule has 0 bridgehead atoms. The fourth-order valence-electron chi connectivity index (χ4n) is 2.83. The normalized spacial score (nSPS) is 17.1.